The Hall–Kier alpha value is -2.74. The van der Waals surface area contributed by atoms with Crippen LogP contribution >= 0.6 is 11.3 Å². The zero-order valence-corrected chi connectivity index (χ0v) is 16.4. The zero-order chi connectivity index (χ0) is 19.4. The highest BCUT2D eigenvalue weighted by Crippen LogP contribution is 2.23. The number of ether oxygens (including phenoxy) is 1. The Morgan fingerprint density at radius 3 is 2.93 bits per heavy atom. The summed E-state index contributed by atoms with van der Waals surface area (Å²) >= 11 is 1.34. The number of benzene rings is 1. The quantitative estimate of drug-likeness (QED) is 0.627. The zero-order valence-electron chi connectivity index (χ0n) is 15.6. The smallest absolute Gasteiger partial charge is 0.307 e. The van der Waals surface area contributed by atoms with Crippen molar-refractivity contribution in [3.63, 3.8) is 0 Å². The Labute approximate surface area is 161 Å². The van der Waals surface area contributed by atoms with Crippen LogP contribution in [0.2, 0.25) is 0 Å². The standard InChI is InChI=1S/C19H22N4O3S/c1-12(2)11-26-16(24)6-8-23-9-7-20-19(23)22-17(25)18-21-14-5-4-13(3)10-15(14)27-18/h4-5,7,9-10,12H,6,8,11H2,1-3H3,(H,20,22,25). The molecule has 0 spiro atoms. The van der Waals surface area contributed by atoms with Crippen LogP contribution in [-0.4, -0.2) is 33.0 Å². The van der Waals surface area contributed by atoms with E-state index >= 15 is 0 Å². The van der Waals surface area contributed by atoms with Gasteiger partial charge in [-0.15, -0.1) is 11.3 Å². The van der Waals surface area contributed by atoms with Crippen LogP contribution in [-0.2, 0) is 16.1 Å². The molecule has 0 atom stereocenters. The van der Waals surface area contributed by atoms with E-state index in [9.17, 15) is 9.59 Å². The SMILES string of the molecule is Cc1ccc2nc(C(=O)Nc3nccn3CCC(=O)OCC(C)C)sc2c1. The molecule has 8 heteroatoms. The van der Waals surface area contributed by atoms with Gasteiger partial charge in [0.05, 0.1) is 23.2 Å². The monoisotopic (exact) mass is 386 g/mol. The molecule has 0 unspecified atom stereocenters. The molecule has 0 fully saturated rings. The second kappa shape index (κ2) is 8.30. The van der Waals surface area contributed by atoms with Crippen LogP contribution in [0.1, 0.15) is 35.6 Å². The number of imidazole rings is 1. The lowest BCUT2D eigenvalue weighted by Crippen LogP contribution is -2.17. The molecule has 27 heavy (non-hydrogen) atoms. The molecule has 1 amide bonds. The van der Waals surface area contributed by atoms with E-state index in [1.807, 2.05) is 39.0 Å². The Kier molecular flexibility index (Phi) is 5.85. The minimum atomic E-state index is -0.316. The van der Waals surface area contributed by atoms with Crippen molar-refractivity contribution in [3.05, 3.63) is 41.2 Å². The van der Waals surface area contributed by atoms with E-state index in [2.05, 4.69) is 15.3 Å². The average Bonchev–Trinajstić information content (AvgIpc) is 3.24. The van der Waals surface area contributed by atoms with Gasteiger partial charge >= 0.3 is 5.97 Å². The van der Waals surface area contributed by atoms with E-state index in [1.54, 1.807) is 17.0 Å². The van der Waals surface area contributed by atoms with Gasteiger partial charge in [-0.05, 0) is 30.5 Å². The van der Waals surface area contributed by atoms with Crippen molar-refractivity contribution in [1.82, 2.24) is 14.5 Å². The second-order valence-corrected chi connectivity index (χ2v) is 7.75. The molecular formula is C19H22N4O3S. The number of thiazole rings is 1. The van der Waals surface area contributed by atoms with E-state index in [4.69, 9.17) is 4.74 Å². The van der Waals surface area contributed by atoms with Crippen molar-refractivity contribution in [2.45, 2.75) is 33.7 Å². The van der Waals surface area contributed by atoms with E-state index in [-0.39, 0.29) is 18.3 Å². The largest absolute Gasteiger partial charge is 0.465 e. The number of aromatic nitrogens is 3. The Balaban J connectivity index is 1.63. The molecule has 1 aromatic carbocycles. The molecule has 1 N–H and O–H groups in total. The maximum atomic E-state index is 12.5. The lowest BCUT2D eigenvalue weighted by molar-refractivity contribution is -0.144. The van der Waals surface area contributed by atoms with Gasteiger partial charge in [0.1, 0.15) is 0 Å². The summed E-state index contributed by atoms with van der Waals surface area (Å²) in [6.45, 7) is 6.76. The molecule has 0 aliphatic heterocycles. The third-order valence-corrected chi connectivity index (χ3v) is 4.83. The molecule has 0 saturated carbocycles. The summed E-state index contributed by atoms with van der Waals surface area (Å²) in [5.41, 5.74) is 1.92. The highest BCUT2D eigenvalue weighted by atomic mass is 32.1. The van der Waals surface area contributed by atoms with Crippen LogP contribution in [0.15, 0.2) is 30.6 Å². The molecule has 0 aliphatic carbocycles. The summed E-state index contributed by atoms with van der Waals surface area (Å²) in [5, 5.41) is 3.14. The number of hydrogen-bond donors (Lipinski definition) is 1. The molecule has 0 aliphatic rings. The highest BCUT2D eigenvalue weighted by Gasteiger charge is 2.15. The van der Waals surface area contributed by atoms with Crippen molar-refractivity contribution in [1.29, 1.82) is 0 Å². The van der Waals surface area contributed by atoms with Crippen LogP contribution in [0, 0.1) is 12.8 Å². The molecule has 0 bridgehead atoms. The molecule has 0 saturated heterocycles. The predicted octanol–water partition coefficient (Wildman–Crippen LogP) is 3.64. The fourth-order valence-corrected chi connectivity index (χ4v) is 3.40. The van der Waals surface area contributed by atoms with E-state index in [0.29, 0.717) is 30.0 Å². The van der Waals surface area contributed by atoms with Crippen molar-refractivity contribution < 1.29 is 14.3 Å². The Morgan fingerprint density at radius 2 is 2.15 bits per heavy atom. The molecular weight excluding hydrogens is 364 g/mol. The summed E-state index contributed by atoms with van der Waals surface area (Å²) in [7, 11) is 0. The first-order valence-electron chi connectivity index (χ1n) is 8.77. The molecule has 3 aromatic rings. The molecule has 142 valence electrons. The lowest BCUT2D eigenvalue weighted by atomic mass is 10.2. The number of fused-ring (bicyclic) bond motifs is 1. The topological polar surface area (TPSA) is 86.1 Å². The third kappa shape index (κ3) is 4.91. The first kappa shape index (κ1) is 19.0. The first-order chi connectivity index (χ1) is 12.9. The predicted molar refractivity (Wildman–Crippen MR) is 105 cm³/mol. The van der Waals surface area contributed by atoms with E-state index in [0.717, 1.165) is 15.8 Å². The number of aryl methyl sites for hydroxylation is 2. The minimum Gasteiger partial charge on any atom is -0.465 e. The number of hydrogen-bond acceptors (Lipinski definition) is 6. The summed E-state index contributed by atoms with van der Waals surface area (Å²) in [5.74, 6) is 0.0987. The highest BCUT2D eigenvalue weighted by molar-refractivity contribution is 7.20. The van der Waals surface area contributed by atoms with E-state index < -0.39 is 0 Å². The van der Waals surface area contributed by atoms with Crippen LogP contribution in [0.3, 0.4) is 0 Å². The number of carbonyl (C=O) groups is 2. The lowest BCUT2D eigenvalue weighted by Gasteiger charge is -2.09. The molecule has 2 aromatic heterocycles. The number of anilines is 1. The minimum absolute atomic E-state index is 0.215. The second-order valence-electron chi connectivity index (χ2n) is 6.72. The first-order valence-corrected chi connectivity index (χ1v) is 9.59. The maximum absolute atomic E-state index is 12.5. The van der Waals surface area contributed by atoms with Gasteiger partial charge < -0.3 is 9.30 Å². The van der Waals surface area contributed by atoms with Gasteiger partial charge in [0.2, 0.25) is 5.95 Å². The van der Waals surface area contributed by atoms with Crippen molar-refractivity contribution >= 4 is 39.4 Å². The number of rotatable bonds is 7. The van der Waals surface area contributed by atoms with Crippen LogP contribution in [0.5, 0.6) is 0 Å². The normalized spacial score (nSPS) is 11.1. The van der Waals surface area contributed by atoms with Crippen molar-refractivity contribution in [3.8, 4) is 0 Å². The molecule has 3 rings (SSSR count). The van der Waals surface area contributed by atoms with Gasteiger partial charge in [0, 0.05) is 18.9 Å². The number of esters is 1. The van der Waals surface area contributed by atoms with Gasteiger partial charge in [-0.1, -0.05) is 19.9 Å². The average molecular weight is 386 g/mol. The number of carbonyl (C=O) groups excluding carboxylic acids is 2. The third-order valence-electron chi connectivity index (χ3n) is 3.81. The van der Waals surface area contributed by atoms with Gasteiger partial charge in [-0.3, -0.25) is 14.9 Å². The number of nitrogens with one attached hydrogen (secondary N) is 1. The van der Waals surface area contributed by atoms with Crippen molar-refractivity contribution in [2.75, 3.05) is 11.9 Å². The molecule has 7 nitrogen and oxygen atoms in total. The summed E-state index contributed by atoms with van der Waals surface area (Å²) in [4.78, 5) is 32.8. The maximum Gasteiger partial charge on any atom is 0.307 e. The van der Waals surface area contributed by atoms with E-state index in [1.165, 1.54) is 11.3 Å². The summed E-state index contributed by atoms with van der Waals surface area (Å²) in [6.07, 6.45) is 3.51. The Bertz CT molecular complexity index is 961. The number of amides is 1. The van der Waals surface area contributed by atoms with Gasteiger partial charge in [0.25, 0.3) is 5.91 Å². The number of nitrogens with zero attached hydrogens (tertiary/aromatic N) is 3. The molecule has 2 heterocycles. The fraction of sp³-hybridized carbons (Fsp3) is 0.368. The summed E-state index contributed by atoms with van der Waals surface area (Å²) in [6, 6.07) is 5.88. The summed E-state index contributed by atoms with van der Waals surface area (Å²) < 4.78 is 7.85. The van der Waals surface area contributed by atoms with Crippen LogP contribution in [0.4, 0.5) is 5.95 Å². The fourth-order valence-electron chi connectivity index (χ4n) is 2.44. The Morgan fingerprint density at radius 1 is 1.33 bits per heavy atom. The van der Waals surface area contributed by atoms with Gasteiger partial charge in [-0.25, -0.2) is 9.97 Å². The van der Waals surface area contributed by atoms with Crippen LogP contribution in [0.25, 0.3) is 10.2 Å². The van der Waals surface area contributed by atoms with Crippen molar-refractivity contribution in [2.24, 2.45) is 5.92 Å². The van der Waals surface area contributed by atoms with Gasteiger partial charge in [-0.2, -0.15) is 0 Å². The van der Waals surface area contributed by atoms with Crippen LogP contribution < -0.4 is 5.32 Å². The molecule has 0 radical (unpaired) electrons. The van der Waals surface area contributed by atoms with Gasteiger partial charge in [0.15, 0.2) is 5.01 Å².